The van der Waals surface area contributed by atoms with Crippen LogP contribution < -0.4 is 31.9 Å². The van der Waals surface area contributed by atoms with Crippen LogP contribution in [0, 0.1) is 0 Å². The number of nitrogens with one attached hydrogen (secondary N) is 6. The summed E-state index contributed by atoms with van der Waals surface area (Å²) in [6, 6.07) is 18.2. The Hall–Kier alpha value is -7.12. The van der Waals surface area contributed by atoms with Gasteiger partial charge in [0.15, 0.2) is 23.1 Å². The molecule has 4 amide bonds. The predicted octanol–water partition coefficient (Wildman–Crippen LogP) is 2.68. The Balaban J connectivity index is 0.000000246. The van der Waals surface area contributed by atoms with E-state index < -0.39 is 52.9 Å². The number of hydrogen-bond acceptors (Lipinski definition) is 14. The molecule has 0 atom stereocenters. The van der Waals surface area contributed by atoms with Crippen LogP contribution >= 0.6 is 23.2 Å². The molecule has 62 heavy (non-hydrogen) atoms. The van der Waals surface area contributed by atoms with Crippen molar-refractivity contribution in [3.05, 3.63) is 117 Å². The maximum Gasteiger partial charge on any atom is 0.319 e. The van der Waals surface area contributed by atoms with E-state index in [1.165, 1.54) is 74.9 Å². The van der Waals surface area contributed by atoms with Crippen molar-refractivity contribution in [3.63, 3.8) is 0 Å². The Bertz CT molecular complexity index is 2380. The van der Waals surface area contributed by atoms with E-state index in [1.54, 1.807) is 12.1 Å². The molecule has 0 saturated carbocycles. The summed E-state index contributed by atoms with van der Waals surface area (Å²) in [5, 5.41) is 15.4. The van der Waals surface area contributed by atoms with Crippen molar-refractivity contribution in [1.29, 1.82) is 0 Å². The number of hydrogen-bond donors (Lipinski definition) is 6. The SMILES string of the molecule is COC(=O)CNCC(=O)Nc1cccc2c1C(=O)c1c(NC(=O)CNCC(=O)OC)cccc1C2=O.O=C(CCl)Nc1cccc2c1C(=O)c1c(NC(=O)CCl)cccc1C2=O. The number of methoxy groups -OCH3 is 2. The van der Waals surface area contributed by atoms with Gasteiger partial charge in [0.25, 0.3) is 0 Å². The standard InChI is InChI=1S/C24H24N4O8.C18H12Cl2N2O4/c1-35-19(31)11-25-9-17(29)27-15-7-3-5-13-21(15)24(34)22-14(23(13)33)6-4-8-16(22)28-18(30)10-26-12-20(32)36-2;19-7-13(23)21-11-5-1-3-9-15(11)18(26)16-10(17(9)25)4-2-6-12(16)22-14(24)8-20/h3-8,25-26H,9-12H2,1-2H3,(H,27,29)(H,28,30);1-6H,7-8H2,(H,21,23)(H,22,24). The molecule has 20 heteroatoms. The summed E-state index contributed by atoms with van der Waals surface area (Å²) in [6.45, 7) is -0.840. The largest absolute Gasteiger partial charge is 0.468 e. The summed E-state index contributed by atoms with van der Waals surface area (Å²) in [6.07, 6.45) is 0. The Kier molecular flexibility index (Phi) is 15.5. The number of rotatable bonds is 14. The minimum Gasteiger partial charge on any atom is -0.468 e. The van der Waals surface area contributed by atoms with E-state index in [1.807, 2.05) is 0 Å². The molecule has 0 aromatic heterocycles. The number of esters is 2. The molecule has 18 nitrogen and oxygen atoms in total. The average molecular weight is 888 g/mol. The first-order valence-electron chi connectivity index (χ1n) is 18.3. The third-order valence-corrected chi connectivity index (χ3v) is 9.53. The van der Waals surface area contributed by atoms with Crippen LogP contribution in [0.5, 0.6) is 0 Å². The molecule has 0 aliphatic heterocycles. The molecule has 0 spiro atoms. The summed E-state index contributed by atoms with van der Waals surface area (Å²) < 4.78 is 8.98. The highest BCUT2D eigenvalue weighted by molar-refractivity contribution is 6.35. The zero-order valence-electron chi connectivity index (χ0n) is 32.8. The van der Waals surface area contributed by atoms with Crippen LogP contribution in [0.25, 0.3) is 0 Å². The van der Waals surface area contributed by atoms with E-state index in [2.05, 4.69) is 41.4 Å². The van der Waals surface area contributed by atoms with E-state index in [0.29, 0.717) is 0 Å². The monoisotopic (exact) mass is 886 g/mol. The number of fused-ring (bicyclic) bond motifs is 4. The second-order valence-corrected chi connectivity index (χ2v) is 13.6. The minimum absolute atomic E-state index is 0.0122. The number of carbonyl (C=O) groups is 10. The van der Waals surface area contributed by atoms with Crippen LogP contribution in [-0.2, 0) is 38.2 Å². The molecular formula is C42H36Cl2N6O12. The number of benzene rings is 4. The fraction of sp³-hybridized carbons (Fsp3) is 0.190. The lowest BCUT2D eigenvalue weighted by atomic mass is 9.82. The smallest absolute Gasteiger partial charge is 0.319 e. The van der Waals surface area contributed by atoms with Crippen molar-refractivity contribution in [2.45, 2.75) is 0 Å². The van der Waals surface area contributed by atoms with Crippen LogP contribution in [0.4, 0.5) is 22.7 Å². The normalized spacial score (nSPS) is 11.9. The van der Waals surface area contributed by atoms with Crippen molar-refractivity contribution < 1.29 is 57.4 Å². The Morgan fingerprint density at radius 1 is 0.419 bits per heavy atom. The van der Waals surface area contributed by atoms with Crippen molar-refractivity contribution >= 4 is 105 Å². The summed E-state index contributed by atoms with van der Waals surface area (Å²) in [5.74, 6) is -5.64. The van der Waals surface area contributed by atoms with Crippen LogP contribution in [0.15, 0.2) is 72.8 Å². The zero-order valence-corrected chi connectivity index (χ0v) is 34.3. The van der Waals surface area contributed by atoms with E-state index in [0.717, 1.165) is 0 Å². The van der Waals surface area contributed by atoms with Crippen LogP contribution in [-0.4, -0.2) is 111 Å². The Morgan fingerprint density at radius 3 is 0.952 bits per heavy atom. The number of carbonyl (C=O) groups excluding carboxylic acids is 10. The molecule has 6 rings (SSSR count). The van der Waals surface area contributed by atoms with Crippen LogP contribution in [0.2, 0.25) is 0 Å². The molecule has 2 aliphatic rings. The zero-order chi connectivity index (χ0) is 45.1. The number of alkyl halides is 2. The van der Waals surface area contributed by atoms with E-state index >= 15 is 0 Å². The van der Waals surface area contributed by atoms with Gasteiger partial charge in [-0.25, -0.2) is 0 Å². The summed E-state index contributed by atoms with van der Waals surface area (Å²) in [5.41, 5.74) is 1.28. The topological polar surface area (TPSA) is 261 Å². The van der Waals surface area contributed by atoms with E-state index in [9.17, 15) is 47.9 Å². The third kappa shape index (κ3) is 10.4. The summed E-state index contributed by atoms with van der Waals surface area (Å²) >= 11 is 11.0. The summed E-state index contributed by atoms with van der Waals surface area (Å²) in [7, 11) is 2.44. The van der Waals surface area contributed by atoms with Gasteiger partial charge in [0, 0.05) is 22.3 Å². The fourth-order valence-electron chi connectivity index (χ4n) is 6.36. The lowest BCUT2D eigenvalue weighted by Gasteiger charge is -2.22. The first-order valence-corrected chi connectivity index (χ1v) is 19.4. The lowest BCUT2D eigenvalue weighted by molar-refractivity contribution is -0.140. The second-order valence-electron chi connectivity index (χ2n) is 13.0. The number of anilines is 4. The maximum atomic E-state index is 13.5. The number of ether oxygens (including phenoxy) is 2. The minimum atomic E-state index is -0.559. The second kappa shape index (κ2) is 20.9. The van der Waals surface area contributed by atoms with Crippen molar-refractivity contribution in [1.82, 2.24) is 10.6 Å². The molecule has 0 unspecified atom stereocenters. The fourth-order valence-corrected chi connectivity index (χ4v) is 6.49. The van der Waals surface area contributed by atoms with Gasteiger partial charge in [-0.3, -0.25) is 58.6 Å². The Morgan fingerprint density at radius 2 is 0.694 bits per heavy atom. The van der Waals surface area contributed by atoms with Gasteiger partial charge in [-0.2, -0.15) is 0 Å². The van der Waals surface area contributed by atoms with Gasteiger partial charge in [0.2, 0.25) is 23.6 Å². The van der Waals surface area contributed by atoms with E-state index in [4.69, 9.17) is 23.2 Å². The highest BCUT2D eigenvalue weighted by atomic mass is 35.5. The molecule has 0 saturated heterocycles. The quantitative estimate of drug-likeness (QED) is 0.0679. The molecule has 4 aromatic rings. The Labute approximate surface area is 362 Å². The van der Waals surface area contributed by atoms with Gasteiger partial charge in [0.1, 0.15) is 11.8 Å². The third-order valence-electron chi connectivity index (χ3n) is 9.05. The predicted molar refractivity (Wildman–Crippen MR) is 225 cm³/mol. The molecule has 6 N–H and O–H groups in total. The highest BCUT2D eigenvalue weighted by Crippen LogP contribution is 2.37. The number of halogens is 2. The number of ketones is 4. The van der Waals surface area contributed by atoms with Gasteiger partial charge in [-0.1, -0.05) is 48.5 Å². The van der Waals surface area contributed by atoms with Crippen molar-refractivity contribution in [2.75, 3.05) is 73.4 Å². The van der Waals surface area contributed by atoms with Crippen molar-refractivity contribution in [2.24, 2.45) is 0 Å². The first-order chi connectivity index (χ1) is 29.7. The number of amides is 4. The molecule has 0 fully saturated rings. The van der Waals surface area contributed by atoms with Gasteiger partial charge in [-0.15, -0.1) is 23.2 Å². The maximum absolute atomic E-state index is 13.5. The molecule has 0 heterocycles. The lowest BCUT2D eigenvalue weighted by Crippen LogP contribution is -2.34. The van der Waals surface area contributed by atoms with Gasteiger partial charge < -0.3 is 30.7 Å². The van der Waals surface area contributed by atoms with Crippen LogP contribution in [0.1, 0.15) is 63.7 Å². The van der Waals surface area contributed by atoms with Gasteiger partial charge in [-0.05, 0) is 24.3 Å². The van der Waals surface area contributed by atoms with Crippen LogP contribution in [0.3, 0.4) is 0 Å². The van der Waals surface area contributed by atoms with Gasteiger partial charge in [0.05, 0.1) is 85.4 Å². The highest BCUT2D eigenvalue weighted by Gasteiger charge is 2.36. The molecule has 4 aromatic carbocycles. The first kappa shape index (κ1) is 46.0. The molecule has 320 valence electrons. The molecule has 2 aliphatic carbocycles. The molecule has 0 bridgehead atoms. The van der Waals surface area contributed by atoms with Crippen molar-refractivity contribution in [3.8, 4) is 0 Å². The molecular weight excluding hydrogens is 851 g/mol. The van der Waals surface area contributed by atoms with E-state index in [-0.39, 0.29) is 111 Å². The average Bonchev–Trinajstić information content (AvgIpc) is 3.27. The van der Waals surface area contributed by atoms with Gasteiger partial charge >= 0.3 is 11.9 Å². The molecule has 0 radical (unpaired) electrons. The summed E-state index contributed by atoms with van der Waals surface area (Å²) in [4.78, 5) is 123.